The number of hydrogen-bond donors (Lipinski definition) is 2. The molecular weight excluding hydrogens is 156 g/mol. The fourth-order valence-electron chi connectivity index (χ4n) is 0.377. The van der Waals surface area contributed by atoms with Gasteiger partial charge in [0.05, 0.1) is 5.57 Å². The van der Waals surface area contributed by atoms with Crippen molar-refractivity contribution in [1.29, 1.82) is 0 Å². The van der Waals surface area contributed by atoms with Crippen molar-refractivity contribution in [3.63, 3.8) is 0 Å². The lowest BCUT2D eigenvalue weighted by Gasteiger charge is -2.17. The third kappa shape index (κ3) is 2.01. The van der Waals surface area contributed by atoms with Crippen LogP contribution in [-0.2, 0) is 4.79 Å². The van der Waals surface area contributed by atoms with E-state index in [2.05, 4.69) is 6.58 Å². The van der Waals surface area contributed by atoms with Crippen LogP contribution in [0.5, 0.6) is 0 Å². The van der Waals surface area contributed by atoms with Gasteiger partial charge in [-0.1, -0.05) is 25.1 Å². The number of alkyl halides is 1. The maximum absolute atomic E-state index is 10.2. The largest absolute Gasteiger partial charge is 0.478 e. The van der Waals surface area contributed by atoms with Crippen molar-refractivity contribution in [1.82, 2.24) is 0 Å². The van der Waals surface area contributed by atoms with Gasteiger partial charge in [-0.3, -0.25) is 0 Å². The second-order valence-electron chi connectivity index (χ2n) is 1.90. The normalized spacial score (nSPS) is 15.9. The molecule has 0 spiro atoms. The van der Waals surface area contributed by atoms with Crippen molar-refractivity contribution in [3.8, 4) is 0 Å². The molecule has 0 aromatic carbocycles. The maximum Gasteiger partial charge on any atom is 0.335 e. The van der Waals surface area contributed by atoms with E-state index in [1.54, 1.807) is 6.92 Å². The molecule has 0 rings (SSSR count). The lowest BCUT2D eigenvalue weighted by molar-refractivity contribution is -0.134. The number of halogens is 1. The molecule has 2 N–H and O–H groups in total. The zero-order valence-electron chi connectivity index (χ0n) is 5.59. The first-order chi connectivity index (χ1) is 4.41. The second-order valence-corrected chi connectivity index (χ2v) is 2.52. The summed E-state index contributed by atoms with van der Waals surface area (Å²) < 4.78 is 0. The number of carboxylic acids is 1. The van der Waals surface area contributed by atoms with Crippen LogP contribution in [-0.4, -0.2) is 21.2 Å². The molecule has 3 nitrogen and oxygen atoms in total. The molecule has 0 saturated carbocycles. The Balaban J connectivity index is 4.33. The number of aliphatic hydroxyl groups is 1. The van der Waals surface area contributed by atoms with Crippen LogP contribution >= 0.6 is 11.6 Å². The third-order valence-electron chi connectivity index (χ3n) is 1.19. The van der Waals surface area contributed by atoms with Crippen molar-refractivity contribution in [2.75, 3.05) is 0 Å². The van der Waals surface area contributed by atoms with Crippen molar-refractivity contribution >= 4 is 17.6 Å². The van der Waals surface area contributed by atoms with Gasteiger partial charge in [0.25, 0.3) is 0 Å². The molecule has 0 aromatic rings. The molecular formula is C6H9ClO3. The number of hydrogen-bond acceptors (Lipinski definition) is 2. The fourth-order valence-corrected chi connectivity index (χ4v) is 0.458. The molecule has 0 aromatic heterocycles. The summed E-state index contributed by atoms with van der Waals surface area (Å²) >= 11 is 5.34. The summed E-state index contributed by atoms with van der Waals surface area (Å²) in [7, 11) is 0. The van der Waals surface area contributed by atoms with Gasteiger partial charge in [0.1, 0.15) is 0 Å². The predicted molar refractivity (Wildman–Crippen MR) is 37.9 cm³/mol. The molecule has 0 amide bonds. The Kier molecular flexibility index (Phi) is 2.87. The highest BCUT2D eigenvalue weighted by atomic mass is 35.5. The summed E-state index contributed by atoms with van der Waals surface area (Å²) in [6.45, 7) is 4.69. The number of carboxylic acid groups (broad SMARTS) is 1. The first-order valence-corrected chi connectivity index (χ1v) is 3.13. The molecule has 58 valence electrons. The van der Waals surface area contributed by atoms with Crippen molar-refractivity contribution in [3.05, 3.63) is 12.2 Å². The Morgan fingerprint density at radius 1 is 1.80 bits per heavy atom. The molecule has 10 heavy (non-hydrogen) atoms. The highest BCUT2D eigenvalue weighted by Gasteiger charge is 2.29. The van der Waals surface area contributed by atoms with Gasteiger partial charge in [0.2, 0.25) is 0 Å². The minimum atomic E-state index is -1.80. The van der Waals surface area contributed by atoms with E-state index in [1.165, 1.54) is 0 Å². The standard InChI is InChI=1S/C6H9ClO3/c1-3-6(7,10)4(2)5(8)9/h10H,2-3H2,1H3,(H,8,9). The zero-order valence-corrected chi connectivity index (χ0v) is 6.35. The molecule has 0 radical (unpaired) electrons. The average molecular weight is 165 g/mol. The molecule has 0 aliphatic heterocycles. The Morgan fingerprint density at radius 3 is 2.30 bits per heavy atom. The monoisotopic (exact) mass is 164 g/mol. The summed E-state index contributed by atoms with van der Waals surface area (Å²) in [5.74, 6) is -1.28. The quantitative estimate of drug-likeness (QED) is 0.483. The molecule has 0 aliphatic carbocycles. The molecule has 4 heteroatoms. The van der Waals surface area contributed by atoms with E-state index in [1.807, 2.05) is 0 Å². The number of carbonyl (C=O) groups is 1. The van der Waals surface area contributed by atoms with Gasteiger partial charge in [0, 0.05) is 0 Å². The van der Waals surface area contributed by atoms with Gasteiger partial charge in [-0.15, -0.1) is 0 Å². The summed E-state index contributed by atoms with van der Waals surface area (Å²) in [5, 5.41) is 15.6. The lowest BCUT2D eigenvalue weighted by atomic mass is 10.1. The molecule has 0 bridgehead atoms. The maximum atomic E-state index is 10.2. The average Bonchev–Trinajstić information content (AvgIpc) is 1.86. The SMILES string of the molecule is C=C(C(=O)O)C(O)(Cl)CC. The van der Waals surface area contributed by atoms with E-state index in [9.17, 15) is 4.79 Å². The van der Waals surface area contributed by atoms with Crippen LogP contribution in [0.1, 0.15) is 13.3 Å². The highest BCUT2D eigenvalue weighted by molar-refractivity contribution is 6.27. The Labute approximate surface area is 63.9 Å². The van der Waals surface area contributed by atoms with Crippen LogP contribution in [0.25, 0.3) is 0 Å². The molecule has 0 aliphatic rings. The van der Waals surface area contributed by atoms with Gasteiger partial charge < -0.3 is 10.2 Å². The van der Waals surface area contributed by atoms with E-state index in [-0.39, 0.29) is 6.42 Å². The van der Waals surface area contributed by atoms with Crippen LogP contribution in [0.3, 0.4) is 0 Å². The molecule has 1 atom stereocenters. The molecule has 0 saturated heterocycles. The number of aliphatic carboxylic acids is 1. The van der Waals surface area contributed by atoms with Crippen LogP contribution in [0.15, 0.2) is 12.2 Å². The summed E-state index contributed by atoms with van der Waals surface area (Å²) in [6.07, 6.45) is 0.125. The zero-order chi connectivity index (χ0) is 8.36. The highest BCUT2D eigenvalue weighted by Crippen LogP contribution is 2.23. The van der Waals surface area contributed by atoms with E-state index < -0.39 is 16.6 Å². The molecule has 0 heterocycles. The Hall–Kier alpha value is -0.540. The van der Waals surface area contributed by atoms with Crippen LogP contribution in [0.4, 0.5) is 0 Å². The van der Waals surface area contributed by atoms with Crippen molar-refractivity contribution in [2.24, 2.45) is 0 Å². The van der Waals surface area contributed by atoms with Gasteiger partial charge >= 0.3 is 5.97 Å². The van der Waals surface area contributed by atoms with Gasteiger partial charge in [-0.05, 0) is 6.42 Å². The predicted octanol–water partition coefficient (Wildman–Crippen LogP) is 0.965. The van der Waals surface area contributed by atoms with Crippen LogP contribution < -0.4 is 0 Å². The Bertz CT molecular complexity index is 162. The van der Waals surface area contributed by atoms with E-state index >= 15 is 0 Å². The van der Waals surface area contributed by atoms with Gasteiger partial charge in [-0.2, -0.15) is 0 Å². The van der Waals surface area contributed by atoms with Gasteiger partial charge in [0.15, 0.2) is 5.06 Å². The fraction of sp³-hybridized carbons (Fsp3) is 0.500. The number of rotatable bonds is 3. The molecule has 0 fully saturated rings. The first kappa shape index (κ1) is 9.46. The van der Waals surface area contributed by atoms with Crippen molar-refractivity contribution in [2.45, 2.75) is 18.4 Å². The van der Waals surface area contributed by atoms with E-state index in [0.717, 1.165) is 0 Å². The van der Waals surface area contributed by atoms with E-state index in [0.29, 0.717) is 0 Å². The topological polar surface area (TPSA) is 57.5 Å². The molecule has 1 unspecified atom stereocenters. The van der Waals surface area contributed by atoms with Crippen LogP contribution in [0.2, 0.25) is 0 Å². The Morgan fingerprint density at radius 2 is 2.20 bits per heavy atom. The summed E-state index contributed by atoms with van der Waals surface area (Å²) in [4.78, 5) is 10.2. The summed E-state index contributed by atoms with van der Waals surface area (Å²) in [6, 6.07) is 0. The van der Waals surface area contributed by atoms with E-state index in [4.69, 9.17) is 21.8 Å². The minimum absolute atomic E-state index is 0.125. The van der Waals surface area contributed by atoms with Crippen LogP contribution in [0, 0.1) is 0 Å². The first-order valence-electron chi connectivity index (χ1n) is 2.75. The third-order valence-corrected chi connectivity index (χ3v) is 1.68. The van der Waals surface area contributed by atoms with Gasteiger partial charge in [-0.25, -0.2) is 4.79 Å². The minimum Gasteiger partial charge on any atom is -0.478 e. The second kappa shape index (κ2) is 3.03. The smallest absolute Gasteiger partial charge is 0.335 e. The van der Waals surface area contributed by atoms with Crippen molar-refractivity contribution < 1.29 is 15.0 Å². The summed E-state index contributed by atoms with van der Waals surface area (Å²) in [5.41, 5.74) is -0.392. The lowest BCUT2D eigenvalue weighted by Crippen LogP contribution is -2.26.